The molecule has 5 nitrogen and oxygen atoms in total. The van der Waals surface area contributed by atoms with Crippen LogP contribution in [0.2, 0.25) is 0 Å². The van der Waals surface area contributed by atoms with Crippen LogP contribution in [-0.2, 0) is 25.5 Å². The second-order valence-electron chi connectivity index (χ2n) is 5.53. The first-order valence-corrected chi connectivity index (χ1v) is 8.65. The van der Waals surface area contributed by atoms with E-state index in [2.05, 4.69) is 0 Å². The topological polar surface area (TPSA) is 61.8 Å². The van der Waals surface area contributed by atoms with Gasteiger partial charge in [0.15, 0.2) is 0 Å². The van der Waals surface area contributed by atoms with Crippen molar-refractivity contribution in [1.82, 2.24) is 0 Å². The highest BCUT2D eigenvalue weighted by atomic mass is 16.5. The van der Waals surface area contributed by atoms with Gasteiger partial charge in [0.2, 0.25) is 0 Å². The van der Waals surface area contributed by atoms with Crippen molar-refractivity contribution in [2.45, 2.75) is 46.5 Å². The average molecular weight is 336 g/mol. The van der Waals surface area contributed by atoms with E-state index in [1.807, 2.05) is 45.0 Å². The van der Waals surface area contributed by atoms with Crippen LogP contribution in [0.15, 0.2) is 24.3 Å². The fourth-order valence-corrected chi connectivity index (χ4v) is 2.27. The molecule has 5 heteroatoms. The Morgan fingerprint density at radius 1 is 1.00 bits per heavy atom. The monoisotopic (exact) mass is 336 g/mol. The summed E-state index contributed by atoms with van der Waals surface area (Å²) in [4.78, 5) is 24.2. The summed E-state index contributed by atoms with van der Waals surface area (Å²) in [6, 6.07) is 7.54. The van der Waals surface area contributed by atoms with Crippen LogP contribution in [0.25, 0.3) is 0 Å². The Labute approximate surface area is 144 Å². The van der Waals surface area contributed by atoms with Gasteiger partial charge in [-0.05, 0) is 37.8 Å². The summed E-state index contributed by atoms with van der Waals surface area (Å²) in [5.41, 5.74) is 0.890. The summed E-state index contributed by atoms with van der Waals surface area (Å²) in [5.74, 6) is -0.571. The lowest BCUT2D eigenvalue weighted by atomic mass is 9.95. The molecular formula is C19H28O5. The molecular weight excluding hydrogens is 308 g/mol. The van der Waals surface area contributed by atoms with E-state index >= 15 is 0 Å². The second kappa shape index (κ2) is 11.5. The quantitative estimate of drug-likeness (QED) is 0.578. The molecule has 1 aromatic rings. The molecule has 134 valence electrons. The summed E-state index contributed by atoms with van der Waals surface area (Å²) < 4.78 is 16.0. The Hall–Kier alpha value is -2.04. The fourth-order valence-electron chi connectivity index (χ4n) is 2.27. The predicted octanol–water partition coefficient (Wildman–Crippen LogP) is 3.54. The number of carbonyl (C=O) groups excluding carboxylic acids is 2. The predicted molar refractivity (Wildman–Crippen MR) is 91.9 cm³/mol. The van der Waals surface area contributed by atoms with Gasteiger partial charge in [0.05, 0.1) is 32.2 Å². The van der Waals surface area contributed by atoms with E-state index < -0.39 is 5.92 Å². The maximum atomic E-state index is 12.3. The Morgan fingerprint density at radius 3 is 2.33 bits per heavy atom. The molecule has 0 saturated heterocycles. The first kappa shape index (κ1) is 20.0. The third-order valence-electron chi connectivity index (χ3n) is 3.40. The standard InChI is InChI=1S/C19H28O5/c1-4-11-23-18(20)14-16(19(21)24-12-5-2)13-15-9-7-8-10-17(15)22-6-3/h7-10,16H,4-6,11-14H2,1-3H3. The van der Waals surface area contributed by atoms with Crippen LogP contribution in [0, 0.1) is 5.92 Å². The number of hydrogen-bond acceptors (Lipinski definition) is 5. The summed E-state index contributed by atoms with van der Waals surface area (Å²) >= 11 is 0. The molecule has 0 bridgehead atoms. The van der Waals surface area contributed by atoms with Gasteiger partial charge in [-0.15, -0.1) is 0 Å². The van der Waals surface area contributed by atoms with E-state index in [0.717, 1.165) is 24.2 Å². The van der Waals surface area contributed by atoms with Gasteiger partial charge in [-0.3, -0.25) is 9.59 Å². The van der Waals surface area contributed by atoms with E-state index in [9.17, 15) is 9.59 Å². The van der Waals surface area contributed by atoms with Gasteiger partial charge in [-0.25, -0.2) is 0 Å². The van der Waals surface area contributed by atoms with Crippen LogP contribution < -0.4 is 4.74 Å². The molecule has 1 atom stereocenters. The molecule has 1 rings (SSSR count). The maximum absolute atomic E-state index is 12.3. The van der Waals surface area contributed by atoms with E-state index in [1.165, 1.54) is 0 Å². The summed E-state index contributed by atoms with van der Waals surface area (Å²) in [5, 5.41) is 0. The molecule has 0 aromatic heterocycles. The van der Waals surface area contributed by atoms with Crippen molar-refractivity contribution in [3.05, 3.63) is 29.8 Å². The lowest BCUT2D eigenvalue weighted by Crippen LogP contribution is -2.25. The van der Waals surface area contributed by atoms with E-state index in [1.54, 1.807) is 0 Å². The van der Waals surface area contributed by atoms with Gasteiger partial charge in [0.25, 0.3) is 0 Å². The lowest BCUT2D eigenvalue weighted by molar-refractivity contribution is -0.155. The third kappa shape index (κ3) is 7.02. The molecule has 24 heavy (non-hydrogen) atoms. The minimum absolute atomic E-state index is 0.0169. The van der Waals surface area contributed by atoms with Crippen LogP contribution in [-0.4, -0.2) is 31.8 Å². The number of rotatable bonds is 11. The van der Waals surface area contributed by atoms with E-state index in [4.69, 9.17) is 14.2 Å². The van der Waals surface area contributed by atoms with Crippen molar-refractivity contribution >= 4 is 11.9 Å². The normalized spacial score (nSPS) is 11.6. The number of para-hydroxylation sites is 1. The smallest absolute Gasteiger partial charge is 0.309 e. The van der Waals surface area contributed by atoms with Gasteiger partial charge in [-0.2, -0.15) is 0 Å². The van der Waals surface area contributed by atoms with Crippen LogP contribution in [0.3, 0.4) is 0 Å². The molecule has 0 aliphatic heterocycles. The molecule has 0 aliphatic carbocycles. The highest BCUT2D eigenvalue weighted by Crippen LogP contribution is 2.24. The Balaban J connectivity index is 2.84. The fraction of sp³-hybridized carbons (Fsp3) is 0.579. The molecule has 0 amide bonds. The molecule has 0 fully saturated rings. The van der Waals surface area contributed by atoms with Crippen molar-refractivity contribution < 1.29 is 23.8 Å². The van der Waals surface area contributed by atoms with Gasteiger partial charge >= 0.3 is 11.9 Å². The van der Waals surface area contributed by atoms with Crippen molar-refractivity contribution in [1.29, 1.82) is 0 Å². The minimum Gasteiger partial charge on any atom is -0.494 e. The van der Waals surface area contributed by atoms with E-state index in [0.29, 0.717) is 26.2 Å². The summed E-state index contributed by atoms with van der Waals surface area (Å²) in [7, 11) is 0. The Bertz CT molecular complexity index is 512. The number of carbonyl (C=O) groups is 2. The minimum atomic E-state index is -0.567. The van der Waals surface area contributed by atoms with Gasteiger partial charge < -0.3 is 14.2 Å². The SMILES string of the molecule is CCCOC(=O)CC(Cc1ccccc1OCC)C(=O)OCCC. The summed E-state index contributed by atoms with van der Waals surface area (Å²) in [6.07, 6.45) is 1.90. The van der Waals surface area contributed by atoms with Crippen LogP contribution >= 0.6 is 0 Å². The lowest BCUT2D eigenvalue weighted by Gasteiger charge is -2.17. The highest BCUT2D eigenvalue weighted by Gasteiger charge is 2.25. The van der Waals surface area contributed by atoms with Gasteiger partial charge in [-0.1, -0.05) is 32.0 Å². The maximum Gasteiger partial charge on any atom is 0.309 e. The highest BCUT2D eigenvalue weighted by molar-refractivity contribution is 5.80. The molecule has 0 spiro atoms. The Kier molecular flexibility index (Phi) is 9.58. The van der Waals surface area contributed by atoms with Gasteiger partial charge in [0.1, 0.15) is 5.75 Å². The van der Waals surface area contributed by atoms with Gasteiger partial charge in [0, 0.05) is 0 Å². The first-order chi connectivity index (χ1) is 11.6. The van der Waals surface area contributed by atoms with Crippen molar-refractivity contribution in [2.75, 3.05) is 19.8 Å². The Morgan fingerprint density at radius 2 is 1.67 bits per heavy atom. The van der Waals surface area contributed by atoms with Crippen molar-refractivity contribution in [2.24, 2.45) is 5.92 Å². The van der Waals surface area contributed by atoms with Crippen LogP contribution in [0.5, 0.6) is 5.75 Å². The molecule has 0 aliphatic rings. The molecule has 0 heterocycles. The van der Waals surface area contributed by atoms with Crippen LogP contribution in [0.1, 0.15) is 45.6 Å². The number of esters is 2. The molecule has 1 aromatic carbocycles. The average Bonchev–Trinajstić information content (AvgIpc) is 2.59. The molecule has 1 unspecified atom stereocenters. The molecule has 0 saturated carbocycles. The zero-order valence-electron chi connectivity index (χ0n) is 14.9. The first-order valence-electron chi connectivity index (χ1n) is 8.65. The number of ether oxygens (including phenoxy) is 3. The van der Waals surface area contributed by atoms with Crippen molar-refractivity contribution in [3.63, 3.8) is 0 Å². The molecule has 0 N–H and O–H groups in total. The third-order valence-corrected chi connectivity index (χ3v) is 3.40. The molecule has 0 radical (unpaired) electrons. The second-order valence-corrected chi connectivity index (χ2v) is 5.53. The van der Waals surface area contributed by atoms with Crippen LogP contribution in [0.4, 0.5) is 0 Å². The number of hydrogen-bond donors (Lipinski definition) is 0. The van der Waals surface area contributed by atoms with E-state index in [-0.39, 0.29) is 18.4 Å². The zero-order valence-corrected chi connectivity index (χ0v) is 14.9. The largest absolute Gasteiger partial charge is 0.494 e. The van der Waals surface area contributed by atoms with Crippen molar-refractivity contribution in [3.8, 4) is 5.75 Å². The zero-order chi connectivity index (χ0) is 17.8. The number of benzene rings is 1. The summed E-state index contributed by atoms with van der Waals surface area (Å²) in [6.45, 7) is 7.03.